The summed E-state index contributed by atoms with van der Waals surface area (Å²) >= 11 is 0. The Bertz CT molecular complexity index is 564. The average Bonchev–Trinajstić information content (AvgIpc) is 2.65. The van der Waals surface area contributed by atoms with Crippen LogP contribution < -0.4 is 20.1 Å². The first-order chi connectivity index (χ1) is 11.8. The average molecular weight is 370 g/mol. The quantitative estimate of drug-likeness (QED) is 0.735. The predicted molar refractivity (Wildman–Crippen MR) is 99.9 cm³/mol. The molecule has 0 aromatic heterocycles. The van der Waals surface area contributed by atoms with E-state index in [4.69, 9.17) is 9.47 Å². The number of carbonyl (C=O) groups excluding carboxylic acids is 1. The maximum Gasteiger partial charge on any atom is 0.226 e. The third kappa shape index (κ3) is 5.49. The fourth-order valence-electron chi connectivity index (χ4n) is 3.26. The number of hydrogen-bond acceptors (Lipinski definition) is 5. The standard InChI is InChI=1S/C18H27N3O3.ClH/c1-23-16-3-4-17-14(12-16)11-15(13-24-17)18(22)20-5-2-8-21-9-6-19-7-10-21;/h3-4,12,15,19H,2,5-11,13H2,1H3,(H,20,22);1H. The summed E-state index contributed by atoms with van der Waals surface area (Å²) in [5.41, 5.74) is 1.04. The molecule has 1 aromatic carbocycles. The Morgan fingerprint density at radius 3 is 2.96 bits per heavy atom. The van der Waals surface area contributed by atoms with Crippen LogP contribution in [-0.2, 0) is 11.2 Å². The number of hydrogen-bond donors (Lipinski definition) is 2. The molecule has 25 heavy (non-hydrogen) atoms. The van der Waals surface area contributed by atoms with Crippen molar-refractivity contribution in [3.63, 3.8) is 0 Å². The Morgan fingerprint density at radius 1 is 1.40 bits per heavy atom. The van der Waals surface area contributed by atoms with Gasteiger partial charge in [0, 0.05) is 32.7 Å². The highest BCUT2D eigenvalue weighted by molar-refractivity contribution is 5.85. The molecule has 2 aliphatic rings. The minimum absolute atomic E-state index is 0. The van der Waals surface area contributed by atoms with Gasteiger partial charge in [-0.3, -0.25) is 4.79 Å². The number of piperazine rings is 1. The van der Waals surface area contributed by atoms with E-state index >= 15 is 0 Å². The lowest BCUT2D eigenvalue weighted by atomic mass is 9.96. The van der Waals surface area contributed by atoms with Gasteiger partial charge in [0.15, 0.2) is 0 Å². The zero-order valence-corrected chi connectivity index (χ0v) is 15.6. The molecule has 140 valence electrons. The van der Waals surface area contributed by atoms with Gasteiger partial charge in [-0.15, -0.1) is 12.4 Å². The molecule has 0 saturated carbocycles. The molecule has 2 N–H and O–H groups in total. The molecular formula is C18H28ClN3O3. The highest BCUT2D eigenvalue weighted by atomic mass is 35.5. The largest absolute Gasteiger partial charge is 0.497 e. The van der Waals surface area contributed by atoms with Crippen molar-refractivity contribution in [2.24, 2.45) is 5.92 Å². The Morgan fingerprint density at radius 2 is 2.20 bits per heavy atom. The molecular weight excluding hydrogens is 342 g/mol. The fraction of sp³-hybridized carbons (Fsp3) is 0.611. The SMILES string of the molecule is COc1ccc2c(c1)CC(C(=O)NCCCN1CCNCC1)CO2.Cl. The van der Waals surface area contributed by atoms with Gasteiger partial charge >= 0.3 is 0 Å². The molecule has 2 heterocycles. The van der Waals surface area contributed by atoms with E-state index in [9.17, 15) is 4.79 Å². The van der Waals surface area contributed by atoms with E-state index in [2.05, 4.69) is 15.5 Å². The summed E-state index contributed by atoms with van der Waals surface area (Å²) in [7, 11) is 1.65. The van der Waals surface area contributed by atoms with Crippen molar-refractivity contribution in [1.82, 2.24) is 15.5 Å². The van der Waals surface area contributed by atoms with E-state index in [1.807, 2.05) is 18.2 Å². The fourth-order valence-corrected chi connectivity index (χ4v) is 3.26. The minimum Gasteiger partial charge on any atom is -0.497 e. The Labute approximate surface area is 155 Å². The smallest absolute Gasteiger partial charge is 0.226 e. The molecule has 0 aliphatic carbocycles. The molecule has 0 bridgehead atoms. The van der Waals surface area contributed by atoms with Gasteiger partial charge in [-0.25, -0.2) is 0 Å². The van der Waals surface area contributed by atoms with Crippen molar-refractivity contribution in [1.29, 1.82) is 0 Å². The van der Waals surface area contributed by atoms with E-state index < -0.39 is 0 Å². The number of fused-ring (bicyclic) bond motifs is 1. The Balaban J connectivity index is 0.00000225. The van der Waals surface area contributed by atoms with E-state index in [1.165, 1.54) is 0 Å². The number of ether oxygens (including phenoxy) is 2. The minimum atomic E-state index is -0.121. The first kappa shape index (κ1) is 19.8. The summed E-state index contributed by atoms with van der Waals surface area (Å²) in [5, 5.41) is 6.41. The zero-order valence-electron chi connectivity index (χ0n) is 14.8. The molecule has 1 amide bonds. The maximum absolute atomic E-state index is 12.4. The first-order valence-electron chi connectivity index (χ1n) is 8.77. The molecule has 6 nitrogen and oxygen atoms in total. The summed E-state index contributed by atoms with van der Waals surface area (Å²) in [5.74, 6) is 1.63. The summed E-state index contributed by atoms with van der Waals surface area (Å²) in [6.07, 6.45) is 1.69. The van der Waals surface area contributed by atoms with Crippen molar-refractivity contribution in [3.8, 4) is 11.5 Å². The second-order valence-electron chi connectivity index (χ2n) is 6.42. The van der Waals surface area contributed by atoms with Crippen LogP contribution in [0, 0.1) is 5.92 Å². The lowest BCUT2D eigenvalue weighted by Crippen LogP contribution is -2.44. The van der Waals surface area contributed by atoms with Gasteiger partial charge in [0.1, 0.15) is 18.1 Å². The van der Waals surface area contributed by atoms with Gasteiger partial charge < -0.3 is 25.0 Å². The summed E-state index contributed by atoms with van der Waals surface area (Å²) in [6.45, 7) is 6.55. The summed E-state index contributed by atoms with van der Waals surface area (Å²) in [6, 6.07) is 5.75. The highest BCUT2D eigenvalue weighted by Crippen LogP contribution is 2.30. The van der Waals surface area contributed by atoms with Crippen LogP contribution in [0.2, 0.25) is 0 Å². The van der Waals surface area contributed by atoms with Crippen LogP contribution in [-0.4, -0.2) is 63.8 Å². The third-order valence-corrected chi connectivity index (χ3v) is 4.70. The monoisotopic (exact) mass is 369 g/mol. The van der Waals surface area contributed by atoms with Gasteiger partial charge in [0.2, 0.25) is 5.91 Å². The lowest BCUT2D eigenvalue weighted by molar-refractivity contribution is -0.126. The summed E-state index contributed by atoms with van der Waals surface area (Å²) in [4.78, 5) is 14.8. The molecule has 1 saturated heterocycles. The van der Waals surface area contributed by atoms with Gasteiger partial charge in [-0.1, -0.05) is 0 Å². The van der Waals surface area contributed by atoms with Gasteiger partial charge in [0.25, 0.3) is 0 Å². The molecule has 0 spiro atoms. The van der Waals surface area contributed by atoms with Crippen LogP contribution in [0.15, 0.2) is 18.2 Å². The van der Waals surface area contributed by atoms with Crippen LogP contribution in [0.1, 0.15) is 12.0 Å². The second-order valence-corrected chi connectivity index (χ2v) is 6.42. The van der Waals surface area contributed by atoms with Crippen LogP contribution >= 0.6 is 12.4 Å². The predicted octanol–water partition coefficient (Wildman–Crippen LogP) is 1.08. The lowest BCUT2D eigenvalue weighted by Gasteiger charge is -2.27. The number of amides is 1. The zero-order chi connectivity index (χ0) is 16.8. The van der Waals surface area contributed by atoms with Crippen molar-refractivity contribution >= 4 is 18.3 Å². The van der Waals surface area contributed by atoms with E-state index in [1.54, 1.807) is 7.11 Å². The van der Waals surface area contributed by atoms with Crippen LogP contribution in [0.3, 0.4) is 0 Å². The van der Waals surface area contributed by atoms with Crippen molar-refractivity contribution < 1.29 is 14.3 Å². The summed E-state index contributed by atoms with van der Waals surface area (Å²) < 4.78 is 11.0. The van der Waals surface area contributed by atoms with E-state index in [0.29, 0.717) is 13.0 Å². The number of methoxy groups -OCH3 is 1. The molecule has 3 rings (SSSR count). The van der Waals surface area contributed by atoms with Gasteiger partial charge in [-0.05, 0) is 43.1 Å². The molecule has 1 unspecified atom stereocenters. The topological polar surface area (TPSA) is 62.8 Å². The van der Waals surface area contributed by atoms with E-state index in [0.717, 1.165) is 62.8 Å². The second kappa shape index (κ2) is 9.85. The van der Waals surface area contributed by atoms with Crippen molar-refractivity contribution in [2.45, 2.75) is 12.8 Å². The highest BCUT2D eigenvalue weighted by Gasteiger charge is 2.26. The Hall–Kier alpha value is -1.50. The number of rotatable bonds is 6. The number of benzene rings is 1. The van der Waals surface area contributed by atoms with Crippen LogP contribution in [0.25, 0.3) is 0 Å². The molecule has 1 atom stereocenters. The first-order valence-corrected chi connectivity index (χ1v) is 8.77. The van der Waals surface area contributed by atoms with Crippen molar-refractivity contribution in [2.75, 3.05) is 53.0 Å². The number of halogens is 1. The van der Waals surface area contributed by atoms with E-state index in [-0.39, 0.29) is 24.2 Å². The van der Waals surface area contributed by atoms with Crippen molar-refractivity contribution in [3.05, 3.63) is 23.8 Å². The van der Waals surface area contributed by atoms with Crippen LogP contribution in [0.4, 0.5) is 0 Å². The molecule has 2 aliphatic heterocycles. The molecule has 1 aromatic rings. The molecule has 7 heteroatoms. The number of nitrogens with one attached hydrogen (secondary N) is 2. The van der Waals surface area contributed by atoms with Crippen LogP contribution in [0.5, 0.6) is 11.5 Å². The van der Waals surface area contributed by atoms with Gasteiger partial charge in [0.05, 0.1) is 13.0 Å². The number of carbonyl (C=O) groups is 1. The number of nitrogens with zero attached hydrogens (tertiary/aromatic N) is 1. The molecule has 0 radical (unpaired) electrons. The Kier molecular flexibility index (Phi) is 7.81. The normalized spacial score (nSPS) is 20.0. The maximum atomic E-state index is 12.4. The van der Waals surface area contributed by atoms with Gasteiger partial charge in [-0.2, -0.15) is 0 Å². The third-order valence-electron chi connectivity index (χ3n) is 4.70. The molecule has 1 fully saturated rings.